The maximum atomic E-state index is 12.2. The van der Waals surface area contributed by atoms with E-state index in [1.54, 1.807) is 0 Å². The molecule has 1 aromatic rings. The summed E-state index contributed by atoms with van der Waals surface area (Å²) in [6, 6.07) is 0. The van der Waals surface area contributed by atoms with Gasteiger partial charge in [0.2, 0.25) is 0 Å². The minimum absolute atomic E-state index is 0.0934. The number of thiazole rings is 1. The van der Waals surface area contributed by atoms with Crippen LogP contribution in [0.4, 0.5) is 13.2 Å². The number of nitrogens with zero attached hydrogens (tertiary/aromatic N) is 1. The molecule has 1 rings (SSSR count). The molecular weight excluding hydrogens is 223 g/mol. The second kappa shape index (κ2) is 3.67. The van der Waals surface area contributed by atoms with Gasteiger partial charge in [-0.15, -0.1) is 17.9 Å². The summed E-state index contributed by atoms with van der Waals surface area (Å²) in [5, 5.41) is 0. The third-order valence-corrected chi connectivity index (χ3v) is 2.45. The van der Waals surface area contributed by atoms with Crippen molar-refractivity contribution in [3.63, 3.8) is 0 Å². The molecule has 0 aliphatic carbocycles. The molecule has 0 saturated carbocycles. The van der Waals surface area contributed by atoms with E-state index in [4.69, 9.17) is 11.6 Å². The Morgan fingerprint density at radius 1 is 1.54 bits per heavy atom. The van der Waals surface area contributed by atoms with Gasteiger partial charge in [0.15, 0.2) is 10.2 Å². The number of hydrogen-bond donors (Lipinski definition) is 0. The summed E-state index contributed by atoms with van der Waals surface area (Å²) in [6.07, 6.45) is -2.90. The first-order valence-corrected chi connectivity index (χ1v) is 4.48. The SMILES string of the molecule is C=CCc1sc(Cl)nc1C(F)(F)F. The van der Waals surface area contributed by atoms with Crippen LogP contribution in [0.3, 0.4) is 0 Å². The van der Waals surface area contributed by atoms with Crippen LogP contribution in [0.2, 0.25) is 4.47 Å². The summed E-state index contributed by atoms with van der Waals surface area (Å²) in [5.41, 5.74) is -0.901. The van der Waals surface area contributed by atoms with Crippen LogP contribution in [0, 0.1) is 0 Å². The van der Waals surface area contributed by atoms with Crippen LogP contribution in [0.15, 0.2) is 12.7 Å². The standard InChI is InChI=1S/C7H5ClF3NS/c1-2-3-4-5(7(9,10)11)12-6(8)13-4/h2H,1,3H2. The topological polar surface area (TPSA) is 12.9 Å². The highest BCUT2D eigenvalue weighted by Crippen LogP contribution is 2.36. The van der Waals surface area contributed by atoms with Gasteiger partial charge in [-0.3, -0.25) is 0 Å². The van der Waals surface area contributed by atoms with Crippen LogP contribution in [0.5, 0.6) is 0 Å². The summed E-state index contributed by atoms with van der Waals surface area (Å²) < 4.78 is 36.6. The number of hydrogen-bond acceptors (Lipinski definition) is 2. The summed E-state index contributed by atoms with van der Waals surface area (Å²) in [7, 11) is 0. The zero-order chi connectivity index (χ0) is 10.1. The number of alkyl halides is 3. The van der Waals surface area contributed by atoms with Gasteiger partial charge in [-0.1, -0.05) is 17.7 Å². The van der Waals surface area contributed by atoms with E-state index in [1.165, 1.54) is 6.08 Å². The smallest absolute Gasteiger partial charge is 0.220 e. The van der Waals surface area contributed by atoms with Gasteiger partial charge in [-0.2, -0.15) is 13.2 Å². The minimum atomic E-state index is -4.43. The first kappa shape index (κ1) is 10.5. The van der Waals surface area contributed by atoms with Crippen LogP contribution in [0.25, 0.3) is 0 Å². The van der Waals surface area contributed by atoms with Crippen molar-refractivity contribution in [3.05, 3.63) is 27.7 Å². The summed E-state index contributed by atoms with van der Waals surface area (Å²) >= 11 is 6.21. The normalized spacial score (nSPS) is 11.7. The van der Waals surface area contributed by atoms with Crippen molar-refractivity contribution in [1.82, 2.24) is 4.98 Å². The molecule has 0 aromatic carbocycles. The Balaban J connectivity index is 3.11. The van der Waals surface area contributed by atoms with E-state index in [9.17, 15) is 13.2 Å². The van der Waals surface area contributed by atoms with Gasteiger partial charge in [-0.05, 0) is 0 Å². The molecule has 0 unspecified atom stereocenters. The molecule has 0 spiro atoms. The molecule has 0 atom stereocenters. The van der Waals surface area contributed by atoms with Crippen LogP contribution in [-0.4, -0.2) is 4.98 Å². The molecule has 0 aliphatic heterocycles. The minimum Gasteiger partial charge on any atom is -0.220 e. The fourth-order valence-corrected chi connectivity index (χ4v) is 1.98. The van der Waals surface area contributed by atoms with Crippen LogP contribution in [0.1, 0.15) is 10.6 Å². The maximum absolute atomic E-state index is 12.2. The molecule has 1 aromatic heterocycles. The van der Waals surface area contributed by atoms with Crippen LogP contribution < -0.4 is 0 Å². The number of rotatable bonds is 2. The summed E-state index contributed by atoms with van der Waals surface area (Å²) in [4.78, 5) is 3.32. The largest absolute Gasteiger partial charge is 0.434 e. The Morgan fingerprint density at radius 3 is 2.62 bits per heavy atom. The molecule has 0 radical (unpaired) electrons. The zero-order valence-corrected chi connectivity index (χ0v) is 7.93. The lowest BCUT2D eigenvalue weighted by atomic mass is 10.3. The summed E-state index contributed by atoms with van der Waals surface area (Å²) in [6.45, 7) is 3.36. The van der Waals surface area contributed by atoms with Gasteiger partial charge in [-0.25, -0.2) is 4.98 Å². The molecule has 0 aliphatic rings. The van der Waals surface area contributed by atoms with Gasteiger partial charge < -0.3 is 0 Å². The second-order valence-electron chi connectivity index (χ2n) is 2.23. The van der Waals surface area contributed by atoms with Gasteiger partial charge in [0.1, 0.15) is 0 Å². The van der Waals surface area contributed by atoms with E-state index in [-0.39, 0.29) is 15.8 Å². The second-order valence-corrected chi connectivity index (χ2v) is 3.89. The van der Waals surface area contributed by atoms with Gasteiger partial charge in [0.05, 0.1) is 0 Å². The molecule has 13 heavy (non-hydrogen) atoms. The highest BCUT2D eigenvalue weighted by atomic mass is 35.5. The van der Waals surface area contributed by atoms with E-state index in [0.717, 1.165) is 11.3 Å². The Bertz CT molecular complexity index is 318. The summed E-state index contributed by atoms with van der Waals surface area (Å²) in [5.74, 6) is 0. The van der Waals surface area contributed by atoms with Gasteiger partial charge in [0.25, 0.3) is 0 Å². The molecule has 1 heterocycles. The van der Waals surface area contributed by atoms with Crippen molar-refractivity contribution in [2.75, 3.05) is 0 Å². The molecule has 1 nitrogen and oxygen atoms in total. The molecule has 72 valence electrons. The molecule has 0 amide bonds. The van der Waals surface area contributed by atoms with E-state index < -0.39 is 11.9 Å². The Labute approximate surface area is 81.9 Å². The first-order chi connectivity index (χ1) is 5.95. The highest BCUT2D eigenvalue weighted by molar-refractivity contribution is 7.15. The predicted octanol–water partition coefficient (Wildman–Crippen LogP) is 3.54. The Hall–Kier alpha value is -0.550. The molecule has 0 bridgehead atoms. The van der Waals surface area contributed by atoms with E-state index in [0.29, 0.717) is 0 Å². The molecular formula is C7H5ClF3NS. The maximum Gasteiger partial charge on any atom is 0.434 e. The average molecular weight is 228 g/mol. The molecule has 0 fully saturated rings. The number of halogens is 4. The van der Waals surface area contributed by atoms with E-state index in [2.05, 4.69) is 11.6 Å². The Morgan fingerprint density at radius 2 is 2.15 bits per heavy atom. The van der Waals surface area contributed by atoms with E-state index >= 15 is 0 Å². The fraction of sp³-hybridized carbons (Fsp3) is 0.286. The highest BCUT2D eigenvalue weighted by Gasteiger charge is 2.36. The van der Waals surface area contributed by atoms with Gasteiger partial charge >= 0.3 is 6.18 Å². The van der Waals surface area contributed by atoms with Gasteiger partial charge in [0, 0.05) is 11.3 Å². The van der Waals surface area contributed by atoms with E-state index in [1.807, 2.05) is 0 Å². The van der Waals surface area contributed by atoms with Crippen molar-refractivity contribution in [2.24, 2.45) is 0 Å². The van der Waals surface area contributed by atoms with Crippen molar-refractivity contribution < 1.29 is 13.2 Å². The lowest BCUT2D eigenvalue weighted by Crippen LogP contribution is -2.08. The first-order valence-electron chi connectivity index (χ1n) is 3.28. The lowest BCUT2D eigenvalue weighted by molar-refractivity contribution is -0.141. The quantitative estimate of drug-likeness (QED) is 0.705. The molecule has 0 saturated heterocycles. The lowest BCUT2D eigenvalue weighted by Gasteiger charge is -2.03. The third-order valence-electron chi connectivity index (χ3n) is 1.27. The zero-order valence-electron chi connectivity index (χ0n) is 6.36. The third kappa shape index (κ3) is 2.45. The number of aromatic nitrogens is 1. The van der Waals surface area contributed by atoms with Crippen molar-refractivity contribution >= 4 is 22.9 Å². The number of allylic oxidation sites excluding steroid dienone is 1. The fourth-order valence-electron chi connectivity index (χ4n) is 0.814. The molecule has 0 N–H and O–H groups in total. The average Bonchev–Trinajstić information content (AvgIpc) is 2.30. The predicted molar refractivity (Wildman–Crippen MR) is 46.0 cm³/mol. The Kier molecular flexibility index (Phi) is 2.98. The molecule has 6 heteroatoms. The van der Waals surface area contributed by atoms with Crippen molar-refractivity contribution in [1.29, 1.82) is 0 Å². The van der Waals surface area contributed by atoms with Crippen molar-refractivity contribution in [3.8, 4) is 0 Å². The van der Waals surface area contributed by atoms with Crippen LogP contribution in [-0.2, 0) is 12.6 Å². The van der Waals surface area contributed by atoms with Crippen molar-refractivity contribution in [2.45, 2.75) is 12.6 Å². The monoisotopic (exact) mass is 227 g/mol. The van der Waals surface area contributed by atoms with Crippen LogP contribution >= 0.6 is 22.9 Å².